The minimum atomic E-state index is -0.578. The number of rotatable bonds is 5. The van der Waals surface area contributed by atoms with Crippen LogP contribution in [0, 0.1) is 5.92 Å². The Bertz CT molecular complexity index is 850. The van der Waals surface area contributed by atoms with Gasteiger partial charge in [0, 0.05) is 24.2 Å². The highest BCUT2D eigenvalue weighted by Gasteiger charge is 2.36. The molecule has 1 aliphatic rings. The number of hydrogen-bond acceptors (Lipinski definition) is 3. The zero-order valence-corrected chi connectivity index (χ0v) is 14.0. The van der Waals surface area contributed by atoms with Gasteiger partial charge in [-0.15, -0.1) is 0 Å². The minimum Gasteiger partial charge on any atom is -0.386 e. The van der Waals surface area contributed by atoms with E-state index < -0.39 is 6.10 Å². The molecule has 0 radical (unpaired) electrons. The van der Waals surface area contributed by atoms with Gasteiger partial charge in [0.2, 0.25) is 0 Å². The Morgan fingerprint density at radius 3 is 2.92 bits per heavy atom. The third-order valence-electron chi connectivity index (χ3n) is 5.01. The van der Waals surface area contributed by atoms with E-state index in [4.69, 9.17) is 0 Å². The summed E-state index contributed by atoms with van der Waals surface area (Å²) in [5.74, 6) is 0.00825. The Morgan fingerprint density at radius 1 is 1.25 bits per heavy atom. The average molecular weight is 322 g/mol. The molecule has 0 saturated heterocycles. The van der Waals surface area contributed by atoms with Crippen molar-refractivity contribution in [1.82, 2.24) is 19.3 Å². The van der Waals surface area contributed by atoms with E-state index in [-0.39, 0.29) is 12.0 Å². The third-order valence-corrected chi connectivity index (χ3v) is 5.01. The summed E-state index contributed by atoms with van der Waals surface area (Å²) in [6, 6.07) is 10.4. The van der Waals surface area contributed by atoms with Crippen molar-refractivity contribution >= 4 is 0 Å². The standard InChI is InChI=1S/C19H22N4O/c1-3-10-23-16(8-9-21-23)19(24)13(2)18-15-7-5-4-6-14(15)17-11-20-12-22(17)18/h4-9,11-13,18-19,24H,3,10H2,1-2H3/t13-,18-,19+/m0/s1. The maximum atomic E-state index is 11.0. The topological polar surface area (TPSA) is 55.9 Å². The Morgan fingerprint density at radius 2 is 2.08 bits per heavy atom. The highest BCUT2D eigenvalue weighted by atomic mass is 16.3. The lowest BCUT2D eigenvalue weighted by atomic mass is 9.88. The molecule has 5 nitrogen and oxygen atoms in total. The smallest absolute Gasteiger partial charge is 0.100 e. The highest BCUT2D eigenvalue weighted by molar-refractivity contribution is 5.69. The molecular formula is C19H22N4O. The molecule has 0 aliphatic carbocycles. The molecular weight excluding hydrogens is 300 g/mol. The van der Waals surface area contributed by atoms with E-state index in [2.05, 4.69) is 52.8 Å². The fourth-order valence-corrected chi connectivity index (χ4v) is 3.84. The third kappa shape index (κ3) is 2.19. The first-order valence-corrected chi connectivity index (χ1v) is 8.53. The molecule has 1 aliphatic heterocycles. The fourth-order valence-electron chi connectivity index (χ4n) is 3.84. The number of aliphatic hydroxyl groups is 1. The fraction of sp³-hybridized carbons (Fsp3) is 0.368. The van der Waals surface area contributed by atoms with Crippen LogP contribution in [0.15, 0.2) is 49.1 Å². The van der Waals surface area contributed by atoms with Crippen molar-refractivity contribution in [2.45, 2.75) is 39.0 Å². The van der Waals surface area contributed by atoms with Crippen LogP contribution >= 0.6 is 0 Å². The predicted octanol–water partition coefficient (Wildman–Crippen LogP) is 3.43. The van der Waals surface area contributed by atoms with E-state index in [1.165, 1.54) is 11.1 Å². The van der Waals surface area contributed by atoms with Crippen LogP contribution in [0.3, 0.4) is 0 Å². The van der Waals surface area contributed by atoms with Gasteiger partial charge in [-0.2, -0.15) is 5.10 Å². The Labute approximate surface area is 141 Å². The van der Waals surface area contributed by atoms with Gasteiger partial charge in [0.1, 0.15) is 6.10 Å². The van der Waals surface area contributed by atoms with Crippen LogP contribution < -0.4 is 0 Å². The van der Waals surface area contributed by atoms with Crippen LogP contribution in [0.4, 0.5) is 0 Å². The molecule has 2 aromatic heterocycles. The molecule has 0 spiro atoms. The van der Waals surface area contributed by atoms with E-state index in [0.717, 1.165) is 24.4 Å². The lowest BCUT2D eigenvalue weighted by Crippen LogP contribution is -2.23. The van der Waals surface area contributed by atoms with Crippen molar-refractivity contribution in [1.29, 1.82) is 0 Å². The van der Waals surface area contributed by atoms with Gasteiger partial charge in [0.15, 0.2) is 0 Å². The highest BCUT2D eigenvalue weighted by Crippen LogP contribution is 2.45. The van der Waals surface area contributed by atoms with Crippen molar-refractivity contribution in [2.75, 3.05) is 0 Å². The van der Waals surface area contributed by atoms with Gasteiger partial charge in [-0.25, -0.2) is 4.98 Å². The Balaban J connectivity index is 1.72. The quantitative estimate of drug-likeness (QED) is 0.783. The van der Waals surface area contributed by atoms with Gasteiger partial charge in [0.25, 0.3) is 0 Å². The zero-order chi connectivity index (χ0) is 16.7. The lowest BCUT2D eigenvalue weighted by molar-refractivity contribution is 0.0879. The Hall–Kier alpha value is -2.40. The molecule has 1 N–H and O–H groups in total. The van der Waals surface area contributed by atoms with Crippen molar-refractivity contribution in [3.8, 4) is 11.3 Å². The normalized spacial score (nSPS) is 18.2. The number of hydrogen-bond donors (Lipinski definition) is 1. The summed E-state index contributed by atoms with van der Waals surface area (Å²) in [7, 11) is 0. The second-order valence-electron chi connectivity index (χ2n) is 6.50. The first-order chi connectivity index (χ1) is 11.7. The Kier molecular flexibility index (Phi) is 3.73. The predicted molar refractivity (Wildman–Crippen MR) is 92.4 cm³/mol. The number of benzene rings is 1. The SMILES string of the molecule is CCCn1nccc1[C@H](O)[C@@H](C)[C@H]1c2ccccc2-c2cncn21. The van der Waals surface area contributed by atoms with Crippen LogP contribution in [-0.4, -0.2) is 24.4 Å². The van der Waals surface area contributed by atoms with Crippen molar-refractivity contribution in [3.63, 3.8) is 0 Å². The molecule has 1 aromatic carbocycles. The van der Waals surface area contributed by atoms with Crippen LogP contribution in [0.5, 0.6) is 0 Å². The number of aromatic nitrogens is 4. The van der Waals surface area contributed by atoms with Gasteiger partial charge in [0.05, 0.1) is 30.0 Å². The average Bonchev–Trinajstić information content (AvgIpc) is 3.29. The molecule has 3 atom stereocenters. The molecule has 4 rings (SSSR count). The maximum Gasteiger partial charge on any atom is 0.100 e. The molecule has 3 heterocycles. The van der Waals surface area contributed by atoms with Crippen LogP contribution in [0.25, 0.3) is 11.3 Å². The first-order valence-electron chi connectivity index (χ1n) is 8.53. The van der Waals surface area contributed by atoms with Crippen molar-refractivity contribution < 1.29 is 5.11 Å². The van der Waals surface area contributed by atoms with Gasteiger partial charge >= 0.3 is 0 Å². The van der Waals surface area contributed by atoms with Gasteiger partial charge in [-0.3, -0.25) is 4.68 Å². The number of imidazole rings is 1. The van der Waals surface area contributed by atoms with E-state index in [1.54, 1.807) is 6.20 Å². The lowest BCUT2D eigenvalue weighted by Gasteiger charge is -2.27. The summed E-state index contributed by atoms with van der Waals surface area (Å²) in [6.07, 6.45) is 5.96. The second kappa shape index (κ2) is 5.91. The molecule has 0 bridgehead atoms. The summed E-state index contributed by atoms with van der Waals surface area (Å²) >= 11 is 0. The van der Waals surface area contributed by atoms with Crippen LogP contribution in [-0.2, 0) is 6.54 Å². The second-order valence-corrected chi connectivity index (χ2v) is 6.50. The largest absolute Gasteiger partial charge is 0.386 e. The van der Waals surface area contributed by atoms with Crippen molar-refractivity contribution in [3.05, 3.63) is 60.3 Å². The summed E-state index contributed by atoms with van der Waals surface area (Å²) in [4.78, 5) is 4.31. The van der Waals surface area contributed by atoms with E-state index in [1.807, 2.05) is 23.3 Å². The van der Waals surface area contributed by atoms with E-state index in [0.29, 0.717) is 0 Å². The maximum absolute atomic E-state index is 11.0. The van der Waals surface area contributed by atoms with E-state index in [9.17, 15) is 5.11 Å². The summed E-state index contributed by atoms with van der Waals surface area (Å²) < 4.78 is 4.09. The minimum absolute atomic E-state index is 0.00825. The summed E-state index contributed by atoms with van der Waals surface area (Å²) in [5, 5.41) is 15.4. The van der Waals surface area contributed by atoms with Gasteiger partial charge in [-0.1, -0.05) is 38.1 Å². The van der Waals surface area contributed by atoms with E-state index >= 15 is 0 Å². The molecule has 124 valence electrons. The van der Waals surface area contributed by atoms with Crippen molar-refractivity contribution in [2.24, 2.45) is 5.92 Å². The number of aryl methyl sites for hydroxylation is 1. The zero-order valence-electron chi connectivity index (χ0n) is 14.0. The molecule has 0 unspecified atom stereocenters. The van der Waals surface area contributed by atoms with Crippen LogP contribution in [0.2, 0.25) is 0 Å². The van der Waals surface area contributed by atoms with Gasteiger partial charge < -0.3 is 9.67 Å². The summed E-state index contributed by atoms with van der Waals surface area (Å²) in [5.41, 5.74) is 4.47. The molecule has 0 amide bonds. The van der Waals surface area contributed by atoms with Crippen LogP contribution in [0.1, 0.15) is 43.7 Å². The molecule has 0 fully saturated rings. The molecule has 3 aromatic rings. The first kappa shape index (κ1) is 15.1. The number of aliphatic hydroxyl groups excluding tert-OH is 1. The summed E-state index contributed by atoms with van der Waals surface area (Å²) in [6.45, 7) is 5.04. The number of nitrogens with zero attached hydrogens (tertiary/aromatic N) is 4. The molecule has 5 heteroatoms. The molecule has 0 saturated carbocycles. The molecule has 24 heavy (non-hydrogen) atoms. The van der Waals surface area contributed by atoms with Gasteiger partial charge in [-0.05, 0) is 18.1 Å². The number of fused-ring (bicyclic) bond motifs is 3. The monoisotopic (exact) mass is 322 g/mol.